The monoisotopic (exact) mass is 475 g/mol. The van der Waals surface area contributed by atoms with Crippen molar-refractivity contribution in [3.63, 3.8) is 0 Å². The first-order chi connectivity index (χ1) is 15.6. The molecular weight excluding hydrogens is 445 g/mol. The largest absolute Gasteiger partial charge is 0.501 e. The van der Waals surface area contributed by atoms with E-state index in [0.29, 0.717) is 24.8 Å². The molecule has 0 spiro atoms. The van der Waals surface area contributed by atoms with E-state index in [1.165, 1.54) is 54.9 Å². The van der Waals surface area contributed by atoms with Crippen LogP contribution in [0.3, 0.4) is 0 Å². The second-order valence-corrected chi connectivity index (χ2v) is 8.06. The van der Waals surface area contributed by atoms with Crippen LogP contribution >= 0.6 is 0 Å². The van der Waals surface area contributed by atoms with Crippen LogP contribution in [0.4, 0.5) is 4.39 Å². The fraction of sp³-hybridized carbons (Fsp3) is 0.435. The summed E-state index contributed by atoms with van der Waals surface area (Å²) in [5.74, 6) is -3.38. The molecule has 1 aromatic carbocycles. The number of likely N-dealkylation sites (N-methyl/N-ethyl adjacent to an activating group) is 2. The molecule has 0 fully saturated rings. The molecule has 1 atom stereocenters. The first-order valence-electron chi connectivity index (χ1n) is 10.5. The zero-order valence-electron chi connectivity index (χ0n) is 18.7. The van der Waals surface area contributed by atoms with Crippen molar-refractivity contribution in [2.24, 2.45) is 0 Å². The second kappa shape index (κ2) is 10.9. The Morgan fingerprint density at radius 1 is 1.15 bits per heavy atom. The summed E-state index contributed by atoms with van der Waals surface area (Å²) in [6.45, 7) is 0.282. The lowest BCUT2D eigenvalue weighted by molar-refractivity contribution is -0.151. The van der Waals surface area contributed by atoms with Crippen LogP contribution in [0.15, 0.2) is 29.1 Å². The standard InChI is InChI=1S/C22H26FN5O5.CH4/c1-26(2)21(32)22(33)27(3)15-6-4-5-11-28-18(15)25-16(17(29)20(28)31)19(30)24-12-13-7-9-14(23)10-8-13;/h7-10,15,29H,4-6,11-12H2,1-3H3,(H,24,30);1H4. The third-order valence-electron chi connectivity index (χ3n) is 5.54. The summed E-state index contributed by atoms with van der Waals surface area (Å²) in [7, 11) is 4.36. The average molecular weight is 476 g/mol. The van der Waals surface area contributed by atoms with E-state index < -0.39 is 46.6 Å². The Morgan fingerprint density at radius 3 is 2.41 bits per heavy atom. The quantitative estimate of drug-likeness (QED) is 0.645. The van der Waals surface area contributed by atoms with E-state index >= 15 is 0 Å². The Balaban J connectivity index is 0.00000408. The molecule has 184 valence electrons. The maximum absolute atomic E-state index is 13.1. The zero-order chi connectivity index (χ0) is 24.3. The molecule has 2 aromatic rings. The molecule has 1 aromatic heterocycles. The number of nitrogens with zero attached hydrogens (tertiary/aromatic N) is 4. The lowest BCUT2D eigenvalue weighted by Gasteiger charge is -2.28. The molecule has 34 heavy (non-hydrogen) atoms. The molecule has 11 heteroatoms. The maximum atomic E-state index is 13.1. The first kappa shape index (κ1) is 26.5. The molecule has 3 rings (SSSR count). The number of hydrogen-bond donors (Lipinski definition) is 2. The van der Waals surface area contributed by atoms with Gasteiger partial charge in [0, 0.05) is 34.2 Å². The van der Waals surface area contributed by atoms with Crippen molar-refractivity contribution in [1.29, 1.82) is 0 Å². The number of carbonyl (C=O) groups excluding carboxylic acids is 3. The minimum Gasteiger partial charge on any atom is -0.501 e. The van der Waals surface area contributed by atoms with Crippen LogP contribution in [0, 0.1) is 5.82 Å². The summed E-state index contributed by atoms with van der Waals surface area (Å²) in [6.07, 6.45) is 1.68. The van der Waals surface area contributed by atoms with Gasteiger partial charge in [0.2, 0.25) is 5.75 Å². The van der Waals surface area contributed by atoms with E-state index in [9.17, 15) is 28.7 Å². The van der Waals surface area contributed by atoms with Crippen LogP contribution in [-0.4, -0.2) is 63.3 Å². The molecule has 0 radical (unpaired) electrons. The fourth-order valence-electron chi connectivity index (χ4n) is 3.65. The summed E-state index contributed by atoms with van der Waals surface area (Å²) in [4.78, 5) is 57.0. The van der Waals surface area contributed by atoms with E-state index in [0.717, 1.165) is 4.90 Å². The van der Waals surface area contributed by atoms with Crippen molar-refractivity contribution in [1.82, 2.24) is 24.7 Å². The normalized spacial score (nSPS) is 14.8. The van der Waals surface area contributed by atoms with Gasteiger partial charge in [-0.2, -0.15) is 0 Å². The molecular formula is C23H30FN5O5. The lowest BCUT2D eigenvalue weighted by Crippen LogP contribution is -2.43. The number of fused-ring (bicyclic) bond motifs is 1. The van der Waals surface area contributed by atoms with Crippen molar-refractivity contribution < 1.29 is 23.9 Å². The molecule has 0 bridgehead atoms. The highest BCUT2D eigenvalue weighted by atomic mass is 19.1. The van der Waals surface area contributed by atoms with Crippen molar-refractivity contribution >= 4 is 17.7 Å². The third-order valence-corrected chi connectivity index (χ3v) is 5.54. The minimum absolute atomic E-state index is 0. The maximum Gasteiger partial charge on any atom is 0.312 e. The van der Waals surface area contributed by atoms with Crippen molar-refractivity contribution in [2.45, 2.75) is 45.8 Å². The zero-order valence-corrected chi connectivity index (χ0v) is 18.7. The predicted octanol–water partition coefficient (Wildman–Crippen LogP) is 1.43. The van der Waals surface area contributed by atoms with Gasteiger partial charge < -0.3 is 20.2 Å². The summed E-state index contributed by atoms with van der Waals surface area (Å²) >= 11 is 0. The van der Waals surface area contributed by atoms with Crippen LogP contribution < -0.4 is 10.9 Å². The van der Waals surface area contributed by atoms with Gasteiger partial charge in [-0.05, 0) is 37.0 Å². The SMILES string of the molecule is C.CN(C)C(=O)C(=O)N(C)C1CCCCn2c1nc(C(=O)NCc1ccc(F)cc1)c(O)c2=O. The molecule has 2 heterocycles. The van der Waals surface area contributed by atoms with Gasteiger partial charge in [0.15, 0.2) is 5.69 Å². The number of carbonyl (C=O) groups is 3. The highest BCUT2D eigenvalue weighted by Crippen LogP contribution is 2.28. The van der Waals surface area contributed by atoms with E-state index in [2.05, 4.69) is 10.3 Å². The topological polar surface area (TPSA) is 125 Å². The van der Waals surface area contributed by atoms with Crippen molar-refractivity contribution in [3.8, 4) is 5.75 Å². The number of rotatable bonds is 4. The van der Waals surface area contributed by atoms with E-state index in [1.54, 1.807) is 0 Å². The van der Waals surface area contributed by atoms with Gasteiger partial charge in [-0.15, -0.1) is 0 Å². The number of aromatic hydroxyl groups is 1. The Hall–Kier alpha value is -3.76. The predicted molar refractivity (Wildman–Crippen MR) is 123 cm³/mol. The summed E-state index contributed by atoms with van der Waals surface area (Å²) in [5, 5.41) is 12.9. The van der Waals surface area contributed by atoms with Gasteiger partial charge in [-0.3, -0.25) is 23.7 Å². The molecule has 1 unspecified atom stereocenters. The number of amides is 3. The Bertz CT molecular complexity index is 1130. The van der Waals surface area contributed by atoms with Crippen molar-refractivity contribution in [3.05, 3.63) is 57.5 Å². The number of hydrogen-bond acceptors (Lipinski definition) is 6. The summed E-state index contributed by atoms with van der Waals surface area (Å²) in [5.41, 5.74) is -0.653. The van der Waals surface area contributed by atoms with Gasteiger partial charge in [0.1, 0.15) is 11.6 Å². The first-order valence-corrected chi connectivity index (χ1v) is 10.5. The molecule has 0 aliphatic carbocycles. The smallest absolute Gasteiger partial charge is 0.312 e. The minimum atomic E-state index is -0.797. The summed E-state index contributed by atoms with van der Waals surface area (Å²) in [6, 6.07) is 4.75. The molecule has 0 saturated heterocycles. The van der Waals surface area contributed by atoms with Crippen LogP contribution in [0.25, 0.3) is 0 Å². The number of benzene rings is 1. The molecule has 3 amide bonds. The Morgan fingerprint density at radius 2 is 1.79 bits per heavy atom. The van der Waals surface area contributed by atoms with E-state index in [1.807, 2.05) is 0 Å². The summed E-state index contributed by atoms with van der Waals surface area (Å²) < 4.78 is 14.3. The van der Waals surface area contributed by atoms with Crippen LogP contribution in [0.2, 0.25) is 0 Å². The fourth-order valence-corrected chi connectivity index (χ4v) is 3.65. The van der Waals surface area contributed by atoms with Gasteiger partial charge in [-0.25, -0.2) is 9.37 Å². The number of halogens is 1. The van der Waals surface area contributed by atoms with Crippen LogP contribution in [0.5, 0.6) is 5.75 Å². The molecule has 0 saturated carbocycles. The molecule has 1 aliphatic heterocycles. The number of nitrogens with one attached hydrogen (secondary N) is 1. The highest BCUT2D eigenvalue weighted by Gasteiger charge is 2.33. The van der Waals surface area contributed by atoms with E-state index in [4.69, 9.17) is 0 Å². The van der Waals surface area contributed by atoms with Crippen molar-refractivity contribution in [2.75, 3.05) is 21.1 Å². The average Bonchev–Trinajstić information content (AvgIpc) is 3.01. The molecule has 10 nitrogen and oxygen atoms in total. The second-order valence-electron chi connectivity index (χ2n) is 8.06. The van der Waals surface area contributed by atoms with Crippen LogP contribution in [-0.2, 0) is 22.7 Å². The highest BCUT2D eigenvalue weighted by molar-refractivity contribution is 6.34. The van der Waals surface area contributed by atoms with Gasteiger partial charge >= 0.3 is 11.8 Å². The Labute approximate surface area is 197 Å². The van der Waals surface area contributed by atoms with Crippen LogP contribution in [0.1, 0.15) is 54.6 Å². The van der Waals surface area contributed by atoms with Gasteiger partial charge in [0.25, 0.3) is 11.5 Å². The van der Waals surface area contributed by atoms with Gasteiger partial charge in [-0.1, -0.05) is 19.6 Å². The third kappa shape index (κ3) is 5.41. The lowest BCUT2D eigenvalue weighted by atomic mass is 10.1. The molecule has 2 N–H and O–H groups in total. The van der Waals surface area contributed by atoms with E-state index in [-0.39, 0.29) is 26.3 Å². The number of aromatic nitrogens is 2. The Kier molecular flexibility index (Phi) is 8.50. The molecule has 1 aliphatic rings. The van der Waals surface area contributed by atoms with Gasteiger partial charge in [0.05, 0.1) is 6.04 Å².